The molecule has 0 aromatic carbocycles. The highest BCUT2D eigenvalue weighted by Gasteiger charge is 2.49. The van der Waals surface area contributed by atoms with Crippen LogP contribution in [0, 0.1) is 10.1 Å². The number of ether oxygens (including phenoxy) is 2. The van der Waals surface area contributed by atoms with Crippen LogP contribution in [0.5, 0.6) is 0 Å². The van der Waals surface area contributed by atoms with E-state index in [1.807, 2.05) is 0 Å². The van der Waals surface area contributed by atoms with Crippen molar-refractivity contribution in [3.05, 3.63) is 10.1 Å². The van der Waals surface area contributed by atoms with Gasteiger partial charge in [-0.1, -0.05) is 6.42 Å². The van der Waals surface area contributed by atoms with Crippen LogP contribution in [0.4, 0.5) is 0 Å². The Balaban J connectivity index is 1.99. The number of rotatable bonds is 1. The van der Waals surface area contributed by atoms with E-state index in [1.54, 1.807) is 6.92 Å². The zero-order valence-electron chi connectivity index (χ0n) is 9.03. The first-order valence-electron chi connectivity index (χ1n) is 5.49. The standard InChI is InChI=1S/C10H17NO4/c1-9(11(12)13)7-14-10(15-8-9)5-3-2-4-6-10/h2-8H2,1H3. The molecule has 1 saturated heterocycles. The van der Waals surface area contributed by atoms with E-state index < -0.39 is 11.3 Å². The molecule has 1 aliphatic carbocycles. The van der Waals surface area contributed by atoms with Crippen molar-refractivity contribution in [2.75, 3.05) is 13.2 Å². The molecule has 2 aliphatic rings. The van der Waals surface area contributed by atoms with Gasteiger partial charge in [0.15, 0.2) is 5.79 Å². The van der Waals surface area contributed by atoms with Crippen molar-refractivity contribution >= 4 is 0 Å². The van der Waals surface area contributed by atoms with E-state index in [-0.39, 0.29) is 18.1 Å². The van der Waals surface area contributed by atoms with Gasteiger partial charge in [0.05, 0.1) is 0 Å². The molecule has 1 saturated carbocycles. The van der Waals surface area contributed by atoms with Crippen LogP contribution in [0.2, 0.25) is 0 Å². The van der Waals surface area contributed by atoms with Crippen LogP contribution < -0.4 is 0 Å². The molecule has 1 spiro atoms. The Morgan fingerprint density at radius 1 is 1.13 bits per heavy atom. The molecule has 0 atom stereocenters. The fourth-order valence-corrected chi connectivity index (χ4v) is 2.14. The molecular formula is C10H17NO4. The minimum Gasteiger partial charge on any atom is -0.342 e. The largest absolute Gasteiger partial charge is 0.342 e. The SMILES string of the molecule is CC1([N+](=O)[O-])COC2(CCCCC2)OC1. The zero-order valence-corrected chi connectivity index (χ0v) is 9.03. The molecule has 0 aromatic heterocycles. The summed E-state index contributed by atoms with van der Waals surface area (Å²) in [6, 6.07) is 0. The maximum absolute atomic E-state index is 10.8. The molecule has 5 heteroatoms. The summed E-state index contributed by atoms with van der Waals surface area (Å²) in [5, 5.41) is 10.8. The molecule has 15 heavy (non-hydrogen) atoms. The summed E-state index contributed by atoms with van der Waals surface area (Å²) >= 11 is 0. The molecule has 0 aromatic rings. The first-order valence-corrected chi connectivity index (χ1v) is 5.49. The fraction of sp³-hybridized carbons (Fsp3) is 1.00. The second-order valence-corrected chi connectivity index (χ2v) is 4.80. The molecule has 5 nitrogen and oxygen atoms in total. The summed E-state index contributed by atoms with van der Waals surface area (Å²) in [4.78, 5) is 10.5. The Morgan fingerprint density at radius 2 is 1.67 bits per heavy atom. The van der Waals surface area contributed by atoms with Crippen molar-refractivity contribution in [2.45, 2.75) is 50.4 Å². The van der Waals surface area contributed by atoms with Gasteiger partial charge in [0, 0.05) is 24.7 Å². The minimum absolute atomic E-state index is 0.167. The number of nitrogens with zero attached hydrogens (tertiary/aromatic N) is 1. The molecule has 2 fully saturated rings. The molecule has 0 amide bonds. The smallest absolute Gasteiger partial charge is 0.265 e. The van der Waals surface area contributed by atoms with E-state index in [1.165, 1.54) is 6.42 Å². The highest BCUT2D eigenvalue weighted by Crippen LogP contribution is 2.37. The van der Waals surface area contributed by atoms with Gasteiger partial charge in [0.2, 0.25) is 0 Å². The van der Waals surface area contributed by atoms with E-state index >= 15 is 0 Å². The van der Waals surface area contributed by atoms with Gasteiger partial charge >= 0.3 is 0 Å². The van der Waals surface area contributed by atoms with E-state index in [9.17, 15) is 10.1 Å². The van der Waals surface area contributed by atoms with E-state index in [2.05, 4.69) is 0 Å². The van der Waals surface area contributed by atoms with Crippen molar-refractivity contribution in [1.82, 2.24) is 0 Å². The lowest BCUT2D eigenvalue weighted by atomic mass is 9.92. The van der Waals surface area contributed by atoms with Crippen molar-refractivity contribution < 1.29 is 14.4 Å². The van der Waals surface area contributed by atoms with Crippen LogP contribution in [0.3, 0.4) is 0 Å². The van der Waals surface area contributed by atoms with Gasteiger partial charge in [-0.25, -0.2) is 0 Å². The third-order valence-corrected chi connectivity index (χ3v) is 3.35. The van der Waals surface area contributed by atoms with Gasteiger partial charge in [-0.05, 0) is 12.8 Å². The summed E-state index contributed by atoms with van der Waals surface area (Å²) in [5.41, 5.74) is -1.07. The molecule has 1 aliphatic heterocycles. The van der Waals surface area contributed by atoms with Crippen LogP contribution in [0.1, 0.15) is 39.0 Å². The van der Waals surface area contributed by atoms with Gasteiger partial charge in [0.25, 0.3) is 5.54 Å². The second-order valence-electron chi connectivity index (χ2n) is 4.80. The molecule has 0 N–H and O–H groups in total. The summed E-state index contributed by atoms with van der Waals surface area (Å²) in [6.45, 7) is 1.91. The first-order chi connectivity index (χ1) is 7.06. The maximum Gasteiger partial charge on any atom is 0.265 e. The molecule has 86 valence electrons. The maximum atomic E-state index is 10.8. The third-order valence-electron chi connectivity index (χ3n) is 3.35. The predicted octanol–water partition coefficient (Wildman–Crippen LogP) is 1.73. The van der Waals surface area contributed by atoms with Crippen molar-refractivity contribution in [3.8, 4) is 0 Å². The highest BCUT2D eigenvalue weighted by molar-refractivity contribution is 4.85. The number of nitro groups is 1. The normalized spacial score (nSPS) is 28.9. The predicted molar refractivity (Wildman–Crippen MR) is 53.1 cm³/mol. The lowest BCUT2D eigenvalue weighted by molar-refractivity contribution is -0.592. The Morgan fingerprint density at radius 3 is 2.13 bits per heavy atom. The van der Waals surface area contributed by atoms with Gasteiger partial charge in [-0.15, -0.1) is 0 Å². The minimum atomic E-state index is -1.07. The summed E-state index contributed by atoms with van der Waals surface area (Å²) < 4.78 is 11.2. The average Bonchev–Trinajstić information content (AvgIpc) is 2.24. The molecule has 2 rings (SSSR count). The average molecular weight is 215 g/mol. The highest BCUT2D eigenvalue weighted by atomic mass is 16.7. The van der Waals surface area contributed by atoms with Crippen LogP contribution in [0.25, 0.3) is 0 Å². The van der Waals surface area contributed by atoms with Crippen LogP contribution in [-0.2, 0) is 9.47 Å². The second kappa shape index (κ2) is 3.72. The van der Waals surface area contributed by atoms with Crippen molar-refractivity contribution in [3.63, 3.8) is 0 Å². The summed E-state index contributed by atoms with van der Waals surface area (Å²) in [7, 11) is 0. The molecule has 0 unspecified atom stereocenters. The van der Waals surface area contributed by atoms with Gasteiger partial charge in [-0.2, -0.15) is 0 Å². The number of hydrogen-bond donors (Lipinski definition) is 0. The lowest BCUT2D eigenvalue weighted by Crippen LogP contribution is -2.56. The quantitative estimate of drug-likeness (QED) is 0.493. The lowest BCUT2D eigenvalue weighted by Gasteiger charge is -2.43. The third kappa shape index (κ3) is 1.99. The monoisotopic (exact) mass is 215 g/mol. The van der Waals surface area contributed by atoms with Crippen molar-refractivity contribution in [1.29, 1.82) is 0 Å². The Labute approximate surface area is 88.9 Å². The van der Waals surface area contributed by atoms with Gasteiger partial charge < -0.3 is 9.47 Å². The Hall–Kier alpha value is -0.680. The summed E-state index contributed by atoms with van der Waals surface area (Å²) in [6.07, 6.45) is 5.15. The van der Waals surface area contributed by atoms with E-state index in [4.69, 9.17) is 9.47 Å². The van der Waals surface area contributed by atoms with Crippen LogP contribution >= 0.6 is 0 Å². The van der Waals surface area contributed by atoms with Crippen LogP contribution in [0.15, 0.2) is 0 Å². The van der Waals surface area contributed by atoms with Gasteiger partial charge in [0.1, 0.15) is 13.2 Å². The summed E-state index contributed by atoms with van der Waals surface area (Å²) in [5.74, 6) is -0.506. The van der Waals surface area contributed by atoms with E-state index in [0.717, 1.165) is 25.7 Å². The molecule has 0 bridgehead atoms. The molecule has 0 radical (unpaired) electrons. The zero-order chi connectivity index (χ0) is 10.9. The molecule has 1 heterocycles. The van der Waals surface area contributed by atoms with E-state index in [0.29, 0.717) is 0 Å². The first kappa shape index (κ1) is 10.8. The number of hydrogen-bond acceptors (Lipinski definition) is 4. The molecular weight excluding hydrogens is 198 g/mol. The van der Waals surface area contributed by atoms with Crippen LogP contribution in [-0.4, -0.2) is 29.5 Å². The Kier molecular flexibility index (Phi) is 2.68. The topological polar surface area (TPSA) is 61.6 Å². The van der Waals surface area contributed by atoms with Gasteiger partial charge in [-0.3, -0.25) is 10.1 Å². The fourth-order valence-electron chi connectivity index (χ4n) is 2.14. The van der Waals surface area contributed by atoms with Crippen molar-refractivity contribution in [2.24, 2.45) is 0 Å². The Bertz CT molecular complexity index is 250.